The van der Waals surface area contributed by atoms with Crippen molar-refractivity contribution in [1.29, 1.82) is 0 Å². The van der Waals surface area contributed by atoms with Crippen molar-refractivity contribution in [2.24, 2.45) is 5.73 Å². The van der Waals surface area contributed by atoms with Crippen LogP contribution in [-0.2, 0) is 32.7 Å². The number of allylic oxidation sites excluding steroid dienone is 8. The second-order valence-corrected chi connectivity index (χ2v) is 19.2. The molecule has 2 atom stereocenters. The Morgan fingerprint density at radius 3 is 1.28 bits per heavy atom. The van der Waals surface area contributed by atoms with Gasteiger partial charge >= 0.3 is 19.8 Å². The molecule has 0 bridgehead atoms. The molecule has 0 spiro atoms. The molecule has 374 valence electrons. The smallest absolute Gasteiger partial charge is 0.462 e. The monoisotopic (exact) mass is 922 g/mol. The molecule has 0 saturated heterocycles. The first-order valence-corrected chi connectivity index (χ1v) is 28.1. The second kappa shape index (κ2) is 50.4. The third-order valence-corrected chi connectivity index (χ3v) is 12.4. The summed E-state index contributed by atoms with van der Waals surface area (Å²) in [7, 11) is -4.38. The summed E-state index contributed by atoms with van der Waals surface area (Å²) in [6.45, 7) is 3.67. The Kier molecular flexibility index (Phi) is 48.8. The van der Waals surface area contributed by atoms with Crippen LogP contribution in [0.4, 0.5) is 0 Å². The zero-order valence-electron chi connectivity index (χ0n) is 41.5. The molecule has 0 saturated carbocycles. The van der Waals surface area contributed by atoms with E-state index in [4.69, 9.17) is 24.3 Å². The van der Waals surface area contributed by atoms with Crippen LogP contribution in [0.3, 0.4) is 0 Å². The van der Waals surface area contributed by atoms with Crippen molar-refractivity contribution in [3.8, 4) is 0 Å². The summed E-state index contributed by atoms with van der Waals surface area (Å²) in [5.74, 6) is -0.835. The van der Waals surface area contributed by atoms with Crippen LogP contribution in [0.25, 0.3) is 0 Å². The van der Waals surface area contributed by atoms with E-state index in [2.05, 4.69) is 62.5 Å². The molecular formula is C54H100NO8P. The molecule has 0 amide bonds. The molecule has 0 heterocycles. The molecule has 64 heavy (non-hydrogen) atoms. The maximum atomic E-state index is 12.6. The Morgan fingerprint density at radius 2 is 0.844 bits per heavy atom. The topological polar surface area (TPSA) is 134 Å². The third kappa shape index (κ3) is 49.4. The third-order valence-electron chi connectivity index (χ3n) is 11.4. The van der Waals surface area contributed by atoms with Crippen molar-refractivity contribution in [1.82, 2.24) is 0 Å². The fraction of sp³-hybridized carbons (Fsp3) is 0.815. The highest BCUT2D eigenvalue weighted by atomic mass is 31.2. The molecule has 0 rings (SSSR count). The molecule has 0 aliphatic rings. The van der Waals surface area contributed by atoms with Crippen LogP contribution < -0.4 is 5.73 Å². The van der Waals surface area contributed by atoms with Crippen molar-refractivity contribution < 1.29 is 37.6 Å². The van der Waals surface area contributed by atoms with Gasteiger partial charge in [-0.2, -0.15) is 0 Å². The zero-order valence-corrected chi connectivity index (χ0v) is 42.4. The SMILES string of the molecule is CCC/C=C\CCCCCCCC(=O)OCC(COP(=O)(O)OCCN)OC(=O)CCCCCCCCCCCCCCCCCCCC/C=C\C/C=C\C/C=C\CCCCCCC. The highest BCUT2D eigenvalue weighted by Gasteiger charge is 2.26. The molecule has 9 nitrogen and oxygen atoms in total. The lowest BCUT2D eigenvalue weighted by atomic mass is 10.0. The van der Waals surface area contributed by atoms with Gasteiger partial charge in [0.1, 0.15) is 6.61 Å². The minimum Gasteiger partial charge on any atom is -0.462 e. The summed E-state index contributed by atoms with van der Waals surface area (Å²) in [6, 6.07) is 0. The molecule has 0 aromatic carbocycles. The van der Waals surface area contributed by atoms with Crippen LogP contribution in [-0.4, -0.2) is 49.3 Å². The average Bonchev–Trinajstić information content (AvgIpc) is 3.28. The Hall–Kier alpha value is -2.03. The highest BCUT2D eigenvalue weighted by Crippen LogP contribution is 2.43. The number of carbonyl (C=O) groups is 2. The highest BCUT2D eigenvalue weighted by molar-refractivity contribution is 7.47. The van der Waals surface area contributed by atoms with E-state index in [-0.39, 0.29) is 32.6 Å². The van der Waals surface area contributed by atoms with Gasteiger partial charge in [-0.15, -0.1) is 0 Å². The van der Waals surface area contributed by atoms with Gasteiger partial charge in [0.25, 0.3) is 0 Å². The van der Waals surface area contributed by atoms with Gasteiger partial charge in [0.05, 0.1) is 13.2 Å². The van der Waals surface area contributed by atoms with Crippen molar-refractivity contribution in [2.45, 2.75) is 258 Å². The van der Waals surface area contributed by atoms with Gasteiger partial charge in [-0.25, -0.2) is 4.57 Å². The van der Waals surface area contributed by atoms with Gasteiger partial charge < -0.3 is 20.1 Å². The first kappa shape index (κ1) is 62.0. The van der Waals surface area contributed by atoms with E-state index in [1.54, 1.807) is 0 Å². The van der Waals surface area contributed by atoms with Gasteiger partial charge in [-0.05, 0) is 70.6 Å². The molecule has 0 aromatic heterocycles. The van der Waals surface area contributed by atoms with E-state index < -0.39 is 32.5 Å². The van der Waals surface area contributed by atoms with Gasteiger partial charge in [0.15, 0.2) is 6.10 Å². The molecule has 10 heteroatoms. The molecule has 0 fully saturated rings. The summed E-state index contributed by atoms with van der Waals surface area (Å²) < 4.78 is 32.8. The number of nitrogens with two attached hydrogens (primary N) is 1. The normalized spacial score (nSPS) is 13.5. The number of unbranched alkanes of at least 4 members (excludes halogenated alkanes) is 29. The molecule has 2 unspecified atom stereocenters. The van der Waals surface area contributed by atoms with Crippen LogP contribution in [0.5, 0.6) is 0 Å². The quantitative estimate of drug-likeness (QED) is 0.0265. The standard InChI is InChI=1S/C54H100NO8P/c1-3-5-7-9-11-13-15-16-17-18-19-20-21-22-23-24-25-26-27-28-29-30-31-32-33-34-35-36-37-39-41-43-45-47-54(57)63-52(51-62-64(58,59)61-49-48-55)50-60-53(56)46-44-42-40-38-14-12-10-8-6-4-2/h8,10,15-16,18-19,21-22,52H,3-7,9,11-14,17,20,23-51,55H2,1-2H3,(H,58,59)/b10-8-,16-15-,19-18-,22-21-. The summed E-state index contributed by atoms with van der Waals surface area (Å²) in [4.78, 5) is 34.9. The van der Waals surface area contributed by atoms with Gasteiger partial charge in [-0.3, -0.25) is 18.6 Å². The van der Waals surface area contributed by atoms with Crippen LogP contribution in [0.15, 0.2) is 48.6 Å². The van der Waals surface area contributed by atoms with E-state index in [0.717, 1.165) is 70.6 Å². The van der Waals surface area contributed by atoms with Crippen LogP contribution in [0.2, 0.25) is 0 Å². The number of ether oxygens (including phenoxy) is 2. The number of hydrogen-bond acceptors (Lipinski definition) is 8. The maximum absolute atomic E-state index is 12.6. The fourth-order valence-electron chi connectivity index (χ4n) is 7.47. The van der Waals surface area contributed by atoms with Crippen LogP contribution >= 0.6 is 7.82 Å². The van der Waals surface area contributed by atoms with Crippen molar-refractivity contribution >= 4 is 19.8 Å². The predicted octanol–water partition coefficient (Wildman–Crippen LogP) is 16.2. The summed E-state index contributed by atoms with van der Waals surface area (Å²) >= 11 is 0. The van der Waals surface area contributed by atoms with Crippen molar-refractivity contribution in [3.63, 3.8) is 0 Å². The van der Waals surface area contributed by atoms with Crippen LogP contribution in [0, 0.1) is 0 Å². The average molecular weight is 922 g/mol. The van der Waals surface area contributed by atoms with Crippen molar-refractivity contribution in [3.05, 3.63) is 48.6 Å². The van der Waals surface area contributed by atoms with Crippen molar-refractivity contribution in [2.75, 3.05) is 26.4 Å². The molecule has 0 aliphatic carbocycles. The lowest BCUT2D eigenvalue weighted by Crippen LogP contribution is -2.29. The minimum atomic E-state index is -4.38. The summed E-state index contributed by atoms with van der Waals surface area (Å²) in [5.41, 5.74) is 5.36. The number of carbonyl (C=O) groups excluding carboxylic acids is 2. The number of hydrogen-bond donors (Lipinski definition) is 2. The van der Waals surface area contributed by atoms with Crippen LogP contribution in [0.1, 0.15) is 251 Å². The molecule has 0 aliphatic heterocycles. The Morgan fingerprint density at radius 1 is 0.469 bits per heavy atom. The molecule has 3 N–H and O–H groups in total. The molecule has 0 aromatic rings. The Bertz CT molecular complexity index is 1190. The van der Waals surface area contributed by atoms with Gasteiger partial charge in [-0.1, -0.05) is 217 Å². The molecular weight excluding hydrogens is 822 g/mol. The van der Waals surface area contributed by atoms with E-state index in [9.17, 15) is 19.0 Å². The van der Waals surface area contributed by atoms with E-state index in [0.29, 0.717) is 6.42 Å². The Labute approximate surface area is 394 Å². The Balaban J connectivity index is 3.83. The van der Waals surface area contributed by atoms with Gasteiger partial charge in [0.2, 0.25) is 0 Å². The maximum Gasteiger partial charge on any atom is 0.472 e. The second-order valence-electron chi connectivity index (χ2n) is 17.7. The van der Waals surface area contributed by atoms with E-state index in [1.165, 1.54) is 148 Å². The summed E-state index contributed by atoms with van der Waals surface area (Å²) in [6.07, 6.45) is 60.4. The van der Waals surface area contributed by atoms with Gasteiger partial charge in [0, 0.05) is 19.4 Å². The van der Waals surface area contributed by atoms with E-state index in [1.807, 2.05) is 0 Å². The lowest BCUT2D eigenvalue weighted by molar-refractivity contribution is -0.161. The number of phosphoric ester groups is 1. The lowest BCUT2D eigenvalue weighted by Gasteiger charge is -2.19. The number of rotatable bonds is 50. The number of esters is 2. The summed E-state index contributed by atoms with van der Waals surface area (Å²) in [5, 5.41) is 0. The fourth-order valence-corrected chi connectivity index (χ4v) is 8.23. The largest absolute Gasteiger partial charge is 0.472 e. The van der Waals surface area contributed by atoms with E-state index >= 15 is 0 Å². The predicted molar refractivity (Wildman–Crippen MR) is 270 cm³/mol. The number of phosphoric acid groups is 1. The molecule has 0 radical (unpaired) electrons. The first-order chi connectivity index (χ1) is 31.3. The first-order valence-electron chi connectivity index (χ1n) is 26.6. The minimum absolute atomic E-state index is 0.0525. The zero-order chi connectivity index (χ0) is 46.7.